The average molecular weight is 281 g/mol. The van der Waals surface area contributed by atoms with Crippen LogP contribution in [0.25, 0.3) is 0 Å². The molecule has 1 aliphatic heterocycles. The molecule has 114 valence electrons. The summed E-state index contributed by atoms with van der Waals surface area (Å²) < 4.78 is 5.36. The zero-order valence-electron chi connectivity index (χ0n) is 12.7. The second-order valence-corrected chi connectivity index (χ2v) is 5.29. The molecule has 1 heterocycles. The molecule has 3 N–H and O–H groups in total. The van der Waals surface area contributed by atoms with Gasteiger partial charge in [-0.3, -0.25) is 9.79 Å². The van der Waals surface area contributed by atoms with Crippen molar-refractivity contribution in [1.82, 2.24) is 5.32 Å². The number of hydrogen-bond donors (Lipinski definition) is 2. The van der Waals surface area contributed by atoms with Crippen LogP contribution in [0.15, 0.2) is 17.1 Å². The van der Waals surface area contributed by atoms with Gasteiger partial charge in [0, 0.05) is 19.2 Å². The van der Waals surface area contributed by atoms with Gasteiger partial charge in [-0.1, -0.05) is 6.08 Å². The number of carbonyl (C=O) groups is 1. The van der Waals surface area contributed by atoms with E-state index in [0.717, 1.165) is 19.4 Å². The number of nitrogens with two attached hydrogens (primary N) is 1. The molecular formula is C15H27N3O2. The monoisotopic (exact) mass is 281 g/mol. The van der Waals surface area contributed by atoms with Gasteiger partial charge in [-0.25, -0.2) is 0 Å². The van der Waals surface area contributed by atoms with E-state index in [1.54, 1.807) is 0 Å². The van der Waals surface area contributed by atoms with Gasteiger partial charge in [-0.05, 0) is 51.8 Å². The number of aliphatic imine (C=N–C) groups is 1. The Labute approximate surface area is 121 Å². The summed E-state index contributed by atoms with van der Waals surface area (Å²) in [5.41, 5.74) is 5.88. The summed E-state index contributed by atoms with van der Waals surface area (Å²) in [6.45, 7) is 6.96. The van der Waals surface area contributed by atoms with Gasteiger partial charge in [0.25, 0.3) is 0 Å². The Hall–Kier alpha value is -1.20. The van der Waals surface area contributed by atoms with Crippen molar-refractivity contribution < 1.29 is 9.53 Å². The second kappa shape index (κ2) is 8.87. The lowest BCUT2D eigenvalue weighted by Gasteiger charge is -2.26. The van der Waals surface area contributed by atoms with Crippen LogP contribution in [0.1, 0.15) is 33.6 Å². The minimum atomic E-state index is -0.216. The van der Waals surface area contributed by atoms with Crippen molar-refractivity contribution in [2.75, 3.05) is 13.1 Å². The Morgan fingerprint density at radius 3 is 2.95 bits per heavy atom. The summed E-state index contributed by atoms with van der Waals surface area (Å²) in [6.07, 6.45) is 7.40. The molecule has 1 aliphatic rings. The topological polar surface area (TPSA) is 76.7 Å². The standard InChI is InChI=1S/C15H27N3O2/c1-4-5-7-17-11(2)13(10-16)9-14-15(6-8-18-14)20-12(3)19/h4-5,7,11,13-15,18H,6,8-10,16H2,1-3H3/b5-4-,17-7?/t11?,13-,14-,15+/m1/s1. The lowest BCUT2D eigenvalue weighted by atomic mass is 9.92. The molecule has 5 nitrogen and oxygen atoms in total. The van der Waals surface area contributed by atoms with Crippen molar-refractivity contribution in [2.24, 2.45) is 16.6 Å². The Morgan fingerprint density at radius 2 is 2.35 bits per heavy atom. The van der Waals surface area contributed by atoms with Crippen molar-refractivity contribution in [2.45, 2.75) is 51.8 Å². The van der Waals surface area contributed by atoms with Crippen LogP contribution < -0.4 is 11.1 Å². The fourth-order valence-electron chi connectivity index (χ4n) is 2.54. The fourth-order valence-corrected chi connectivity index (χ4v) is 2.54. The van der Waals surface area contributed by atoms with E-state index < -0.39 is 0 Å². The van der Waals surface area contributed by atoms with E-state index in [0.29, 0.717) is 6.54 Å². The minimum absolute atomic E-state index is 0.0340. The fraction of sp³-hybridized carbons (Fsp3) is 0.733. The van der Waals surface area contributed by atoms with Gasteiger partial charge >= 0.3 is 5.97 Å². The molecular weight excluding hydrogens is 254 g/mol. The van der Waals surface area contributed by atoms with Gasteiger partial charge in [0.15, 0.2) is 0 Å². The molecule has 0 aromatic heterocycles. The van der Waals surface area contributed by atoms with E-state index in [1.165, 1.54) is 6.92 Å². The van der Waals surface area contributed by atoms with Crippen LogP contribution in [0.4, 0.5) is 0 Å². The molecule has 1 saturated heterocycles. The summed E-state index contributed by atoms with van der Waals surface area (Å²) in [7, 11) is 0. The predicted octanol–water partition coefficient (Wildman–Crippen LogP) is 1.28. The first kappa shape index (κ1) is 16.9. The van der Waals surface area contributed by atoms with Crippen molar-refractivity contribution >= 4 is 12.2 Å². The maximum absolute atomic E-state index is 11.1. The molecule has 0 bridgehead atoms. The van der Waals surface area contributed by atoms with Crippen LogP contribution in [-0.4, -0.2) is 43.5 Å². The normalized spacial score (nSPS) is 26.2. The molecule has 5 heteroatoms. The van der Waals surface area contributed by atoms with E-state index >= 15 is 0 Å². The maximum atomic E-state index is 11.1. The van der Waals surface area contributed by atoms with Crippen LogP contribution in [0.5, 0.6) is 0 Å². The van der Waals surface area contributed by atoms with Crippen molar-refractivity contribution in [3.05, 3.63) is 12.2 Å². The van der Waals surface area contributed by atoms with Crippen LogP contribution in [0.2, 0.25) is 0 Å². The second-order valence-electron chi connectivity index (χ2n) is 5.29. The maximum Gasteiger partial charge on any atom is 0.302 e. The Morgan fingerprint density at radius 1 is 1.60 bits per heavy atom. The molecule has 0 saturated carbocycles. The summed E-state index contributed by atoms with van der Waals surface area (Å²) in [5, 5.41) is 3.40. The molecule has 1 rings (SSSR count). The third-order valence-corrected chi connectivity index (χ3v) is 3.74. The third-order valence-electron chi connectivity index (χ3n) is 3.74. The Bertz CT molecular complexity index is 355. The first-order valence-electron chi connectivity index (χ1n) is 7.33. The zero-order valence-corrected chi connectivity index (χ0v) is 12.7. The molecule has 4 atom stereocenters. The van der Waals surface area contributed by atoms with Crippen molar-refractivity contribution in [3.63, 3.8) is 0 Å². The number of hydrogen-bond acceptors (Lipinski definition) is 5. The van der Waals surface area contributed by atoms with Crippen molar-refractivity contribution in [3.8, 4) is 0 Å². The van der Waals surface area contributed by atoms with E-state index in [9.17, 15) is 4.79 Å². The molecule has 0 aromatic rings. The smallest absolute Gasteiger partial charge is 0.302 e. The quantitative estimate of drug-likeness (QED) is 0.544. The van der Waals surface area contributed by atoms with Gasteiger partial charge in [0.05, 0.1) is 6.04 Å². The number of nitrogens with one attached hydrogen (secondary N) is 1. The van der Waals surface area contributed by atoms with Gasteiger partial charge in [-0.15, -0.1) is 0 Å². The number of nitrogens with zero attached hydrogens (tertiary/aromatic N) is 1. The highest BCUT2D eigenvalue weighted by Gasteiger charge is 2.32. The molecule has 20 heavy (non-hydrogen) atoms. The number of ether oxygens (including phenoxy) is 1. The summed E-state index contributed by atoms with van der Waals surface area (Å²) in [5.74, 6) is 0.0670. The molecule has 0 spiro atoms. The molecule has 0 radical (unpaired) electrons. The highest BCUT2D eigenvalue weighted by Crippen LogP contribution is 2.21. The van der Waals surface area contributed by atoms with Crippen LogP contribution in [0, 0.1) is 5.92 Å². The van der Waals surface area contributed by atoms with Crippen LogP contribution in [-0.2, 0) is 9.53 Å². The molecule has 0 amide bonds. The summed E-state index contributed by atoms with van der Waals surface area (Å²) in [4.78, 5) is 15.6. The molecule has 1 unspecified atom stereocenters. The molecule has 0 aromatic carbocycles. The number of esters is 1. The summed E-state index contributed by atoms with van der Waals surface area (Å²) >= 11 is 0. The van der Waals surface area contributed by atoms with Gasteiger partial charge in [-0.2, -0.15) is 0 Å². The first-order chi connectivity index (χ1) is 9.58. The van der Waals surface area contributed by atoms with Gasteiger partial charge in [0.1, 0.15) is 6.10 Å². The molecule has 0 aliphatic carbocycles. The average Bonchev–Trinajstić information content (AvgIpc) is 2.82. The van der Waals surface area contributed by atoms with E-state index in [4.69, 9.17) is 10.5 Å². The van der Waals surface area contributed by atoms with E-state index in [-0.39, 0.29) is 30.1 Å². The minimum Gasteiger partial charge on any atom is -0.461 e. The SMILES string of the molecule is C/C=C\C=NC(C)[C@@H](CN)C[C@H]1NCC[C@@H]1OC(C)=O. The zero-order chi connectivity index (χ0) is 15.0. The summed E-state index contributed by atoms with van der Waals surface area (Å²) in [6, 6.07) is 0.350. The number of allylic oxidation sites excluding steroid dienone is 2. The lowest BCUT2D eigenvalue weighted by Crippen LogP contribution is -2.39. The van der Waals surface area contributed by atoms with Gasteiger partial charge in [0.2, 0.25) is 0 Å². The predicted molar refractivity (Wildman–Crippen MR) is 81.9 cm³/mol. The van der Waals surface area contributed by atoms with Crippen LogP contribution >= 0.6 is 0 Å². The van der Waals surface area contributed by atoms with Gasteiger partial charge < -0.3 is 15.8 Å². The molecule has 1 fully saturated rings. The van der Waals surface area contributed by atoms with Crippen molar-refractivity contribution in [1.29, 1.82) is 0 Å². The highest BCUT2D eigenvalue weighted by molar-refractivity contribution is 5.70. The largest absolute Gasteiger partial charge is 0.461 e. The third kappa shape index (κ3) is 5.43. The first-order valence-corrected chi connectivity index (χ1v) is 7.33. The highest BCUT2D eigenvalue weighted by atomic mass is 16.5. The Balaban J connectivity index is 2.55. The van der Waals surface area contributed by atoms with E-state index in [1.807, 2.05) is 25.3 Å². The lowest BCUT2D eigenvalue weighted by molar-refractivity contribution is -0.146. The Kier molecular flexibility index (Phi) is 7.47. The number of rotatable bonds is 7. The number of carbonyl (C=O) groups excluding carboxylic acids is 1. The van der Waals surface area contributed by atoms with E-state index in [2.05, 4.69) is 17.2 Å². The van der Waals surface area contributed by atoms with Crippen LogP contribution in [0.3, 0.4) is 0 Å².